The van der Waals surface area contributed by atoms with Crippen LogP contribution in [0.25, 0.3) is 0 Å². The van der Waals surface area contributed by atoms with Gasteiger partial charge in [-0.15, -0.1) is 0 Å². The molecule has 0 radical (unpaired) electrons. The van der Waals surface area contributed by atoms with Gasteiger partial charge in [-0.1, -0.05) is 0 Å². The molecule has 0 amide bonds. The van der Waals surface area contributed by atoms with E-state index in [1.54, 1.807) is 6.08 Å². The van der Waals surface area contributed by atoms with Crippen LogP contribution in [0.2, 0.25) is 0 Å². The number of nitrogens with zero attached hydrogens (tertiary/aromatic N) is 2. The fourth-order valence-corrected chi connectivity index (χ4v) is 2.91. The normalized spacial score (nSPS) is 29.2. The molecule has 3 rings (SSSR count). The molecule has 0 aliphatic carbocycles. The zero-order valence-corrected chi connectivity index (χ0v) is 13.3. The van der Waals surface area contributed by atoms with E-state index in [4.69, 9.17) is 10.5 Å². The molecule has 0 saturated carbocycles. The highest BCUT2D eigenvalue weighted by atomic mass is 19.4. The van der Waals surface area contributed by atoms with Crippen molar-refractivity contribution in [3.63, 3.8) is 0 Å². The Morgan fingerprint density at radius 3 is 2.62 bits per heavy atom. The summed E-state index contributed by atoms with van der Waals surface area (Å²) in [5, 5.41) is 6.39. The zero-order chi connectivity index (χ0) is 17.3. The highest BCUT2D eigenvalue weighted by Crippen LogP contribution is 2.35. The summed E-state index contributed by atoms with van der Waals surface area (Å²) in [7, 11) is 0. The van der Waals surface area contributed by atoms with Crippen LogP contribution in [-0.4, -0.2) is 56.0 Å². The van der Waals surface area contributed by atoms with Gasteiger partial charge >= 0.3 is 6.18 Å². The van der Waals surface area contributed by atoms with Crippen LogP contribution in [0.3, 0.4) is 0 Å². The molecule has 1 saturated heterocycles. The number of alkyl halides is 3. The van der Waals surface area contributed by atoms with Gasteiger partial charge in [-0.25, -0.2) is 0 Å². The lowest BCUT2D eigenvalue weighted by atomic mass is 9.99. The quantitative estimate of drug-likeness (QED) is 0.657. The largest absolute Gasteiger partial charge is 0.416 e. The van der Waals surface area contributed by atoms with Crippen molar-refractivity contribution in [2.24, 2.45) is 10.7 Å². The van der Waals surface area contributed by atoms with E-state index in [-0.39, 0.29) is 24.2 Å². The molecule has 4 N–H and O–H groups in total. The minimum absolute atomic E-state index is 0.0981. The van der Waals surface area contributed by atoms with E-state index in [2.05, 4.69) is 20.5 Å². The predicted octanol–water partition coefficient (Wildman–Crippen LogP) is 0.812. The first kappa shape index (κ1) is 16.8. The molecule has 9 heteroatoms. The van der Waals surface area contributed by atoms with Crippen molar-refractivity contribution in [2.75, 3.05) is 32.8 Å². The number of ether oxygens (including phenoxy) is 1. The van der Waals surface area contributed by atoms with Gasteiger partial charge in [-0.05, 0) is 19.1 Å². The number of nitrogens with one attached hydrogen (secondary N) is 2. The molecular formula is C15H20F3N5O. The van der Waals surface area contributed by atoms with Crippen molar-refractivity contribution < 1.29 is 17.9 Å². The van der Waals surface area contributed by atoms with Crippen LogP contribution in [0.5, 0.6) is 0 Å². The van der Waals surface area contributed by atoms with Crippen LogP contribution >= 0.6 is 0 Å². The van der Waals surface area contributed by atoms with Crippen molar-refractivity contribution in [2.45, 2.75) is 19.4 Å². The first-order chi connectivity index (χ1) is 11.3. The van der Waals surface area contributed by atoms with Crippen LogP contribution in [0.1, 0.15) is 6.92 Å². The summed E-state index contributed by atoms with van der Waals surface area (Å²) in [4.78, 5) is 6.04. The van der Waals surface area contributed by atoms with Gasteiger partial charge in [0.15, 0.2) is 6.29 Å². The molecule has 0 spiro atoms. The number of halogens is 3. The first-order valence-electron chi connectivity index (χ1n) is 7.70. The van der Waals surface area contributed by atoms with E-state index in [1.165, 1.54) is 0 Å². The minimum atomic E-state index is -4.48. The predicted molar refractivity (Wildman–Crippen MR) is 83.9 cm³/mol. The first-order valence-corrected chi connectivity index (χ1v) is 7.70. The maximum absolute atomic E-state index is 13.4. The second kappa shape index (κ2) is 6.48. The molecule has 132 valence electrons. The highest BCUT2D eigenvalue weighted by Gasteiger charge is 2.39. The van der Waals surface area contributed by atoms with Gasteiger partial charge < -0.3 is 21.1 Å². The van der Waals surface area contributed by atoms with E-state index >= 15 is 0 Å². The summed E-state index contributed by atoms with van der Waals surface area (Å²) < 4.78 is 45.4. The summed E-state index contributed by atoms with van der Waals surface area (Å²) in [6.07, 6.45) is -2.20. The molecule has 6 nitrogen and oxygen atoms in total. The van der Waals surface area contributed by atoms with Crippen molar-refractivity contribution in [3.8, 4) is 0 Å². The van der Waals surface area contributed by atoms with E-state index in [0.717, 1.165) is 11.8 Å². The zero-order valence-electron chi connectivity index (χ0n) is 13.3. The van der Waals surface area contributed by atoms with Gasteiger partial charge in [0.2, 0.25) is 0 Å². The summed E-state index contributed by atoms with van der Waals surface area (Å²) >= 11 is 0. The Bertz CT molecular complexity index is 630. The van der Waals surface area contributed by atoms with Gasteiger partial charge in [0.05, 0.1) is 25.3 Å². The van der Waals surface area contributed by atoms with Crippen LogP contribution in [0.4, 0.5) is 13.2 Å². The van der Waals surface area contributed by atoms with Gasteiger partial charge in [0.1, 0.15) is 5.84 Å². The second-order valence-corrected chi connectivity index (χ2v) is 5.86. The summed E-state index contributed by atoms with van der Waals surface area (Å²) in [5.74, 6) is -0.106. The Morgan fingerprint density at radius 1 is 1.25 bits per heavy atom. The molecular weight excluding hydrogens is 323 g/mol. The van der Waals surface area contributed by atoms with E-state index < -0.39 is 11.7 Å². The SMILES string of the molecule is CC1=CC(=C2CN=C(N)C=C2C(F)(F)F)NC(N2CCOCC2)N1. The molecule has 3 aliphatic rings. The van der Waals surface area contributed by atoms with Crippen LogP contribution < -0.4 is 16.4 Å². The molecule has 24 heavy (non-hydrogen) atoms. The molecule has 0 aromatic heterocycles. The summed E-state index contributed by atoms with van der Waals surface area (Å²) in [6, 6.07) is 0. The fraction of sp³-hybridized carbons (Fsp3) is 0.533. The third-order valence-corrected chi connectivity index (χ3v) is 4.10. The summed E-state index contributed by atoms with van der Waals surface area (Å²) in [5.41, 5.74) is 6.03. The van der Waals surface area contributed by atoms with Crippen molar-refractivity contribution in [1.29, 1.82) is 0 Å². The number of morpholine rings is 1. The lowest BCUT2D eigenvalue weighted by molar-refractivity contribution is -0.0895. The highest BCUT2D eigenvalue weighted by molar-refractivity contribution is 5.94. The van der Waals surface area contributed by atoms with Crippen molar-refractivity contribution in [3.05, 3.63) is 34.7 Å². The molecule has 0 aromatic rings. The maximum atomic E-state index is 13.4. The molecule has 1 fully saturated rings. The van der Waals surface area contributed by atoms with Gasteiger partial charge in [-0.3, -0.25) is 9.89 Å². The number of nitrogens with two attached hydrogens (primary N) is 1. The van der Waals surface area contributed by atoms with E-state index in [1.807, 2.05) is 6.92 Å². The standard InChI is InChI=1S/C15H20F3N5O/c1-9-6-12(22-14(21-9)23-2-4-24-5-3-23)10-8-20-13(19)7-11(10)15(16,17)18/h6-7,14,21-22H,2-5,8H2,1H3,(H2,19,20). The average Bonchev–Trinajstić information content (AvgIpc) is 2.54. The number of hydrogen-bond donors (Lipinski definition) is 3. The van der Waals surface area contributed by atoms with Crippen LogP contribution in [0, 0.1) is 0 Å². The topological polar surface area (TPSA) is 74.9 Å². The molecule has 0 bridgehead atoms. The number of amidine groups is 1. The Labute approximate surface area is 137 Å². The average molecular weight is 343 g/mol. The van der Waals surface area contributed by atoms with E-state index in [9.17, 15) is 13.2 Å². The van der Waals surface area contributed by atoms with Gasteiger partial charge in [0.25, 0.3) is 0 Å². The summed E-state index contributed by atoms with van der Waals surface area (Å²) in [6.45, 7) is 4.33. The van der Waals surface area contributed by atoms with Gasteiger partial charge in [-0.2, -0.15) is 13.2 Å². The number of hydrogen-bond acceptors (Lipinski definition) is 6. The number of aliphatic imine (C=N–C) groups is 1. The Kier molecular flexibility index (Phi) is 4.55. The third-order valence-electron chi connectivity index (χ3n) is 4.10. The van der Waals surface area contributed by atoms with E-state index in [0.29, 0.717) is 32.0 Å². The van der Waals surface area contributed by atoms with Crippen molar-refractivity contribution in [1.82, 2.24) is 15.5 Å². The molecule has 1 unspecified atom stereocenters. The lowest BCUT2D eigenvalue weighted by Gasteiger charge is -2.39. The van der Waals surface area contributed by atoms with Crippen LogP contribution in [-0.2, 0) is 4.74 Å². The number of allylic oxidation sites excluding steroid dienone is 2. The molecule has 1 atom stereocenters. The molecule has 3 heterocycles. The minimum Gasteiger partial charge on any atom is -0.384 e. The van der Waals surface area contributed by atoms with Crippen LogP contribution in [0.15, 0.2) is 39.7 Å². The lowest BCUT2D eigenvalue weighted by Crippen LogP contribution is -2.58. The monoisotopic (exact) mass is 343 g/mol. The maximum Gasteiger partial charge on any atom is 0.416 e. The Morgan fingerprint density at radius 2 is 1.96 bits per heavy atom. The number of dihydropyridines is 1. The molecule has 3 aliphatic heterocycles. The Hall–Kier alpha value is -2.00. The smallest absolute Gasteiger partial charge is 0.384 e. The van der Waals surface area contributed by atoms with Crippen molar-refractivity contribution >= 4 is 5.84 Å². The Balaban J connectivity index is 1.92. The fourth-order valence-electron chi connectivity index (χ4n) is 2.91. The second-order valence-electron chi connectivity index (χ2n) is 5.86. The molecule has 0 aromatic carbocycles. The third kappa shape index (κ3) is 3.57. The number of rotatable bonds is 1. The van der Waals surface area contributed by atoms with Gasteiger partial charge in [0, 0.05) is 30.1 Å².